The Morgan fingerprint density at radius 2 is 1.38 bits per heavy atom. The quantitative estimate of drug-likeness (QED) is 0.741. The highest BCUT2D eigenvalue weighted by molar-refractivity contribution is 6.00. The molecule has 2 aromatic rings. The Hall–Kier alpha value is -2.22. The Labute approximate surface area is 125 Å². The zero-order chi connectivity index (χ0) is 15.2. The van der Waals surface area contributed by atoms with Crippen LogP contribution in [0.1, 0.15) is 42.1 Å². The minimum atomic E-state index is -0.362. The summed E-state index contributed by atoms with van der Waals surface area (Å²) >= 11 is 0. The molecule has 0 N–H and O–H groups in total. The van der Waals surface area contributed by atoms with Gasteiger partial charge in [-0.3, -0.25) is 9.59 Å². The van der Waals surface area contributed by atoms with E-state index in [1.165, 1.54) is 0 Å². The van der Waals surface area contributed by atoms with Crippen LogP contribution in [0, 0.1) is 5.92 Å². The van der Waals surface area contributed by atoms with Crippen LogP contribution < -0.4 is 0 Å². The SMILES string of the molecule is CC(C)C(=O)C(CC(=O)c1ccccc1)c1ccccc1. The van der Waals surface area contributed by atoms with Gasteiger partial charge in [-0.1, -0.05) is 74.5 Å². The van der Waals surface area contributed by atoms with E-state index in [0.29, 0.717) is 5.56 Å². The van der Waals surface area contributed by atoms with Crippen LogP contribution in [-0.2, 0) is 4.79 Å². The van der Waals surface area contributed by atoms with Gasteiger partial charge in [0.1, 0.15) is 5.78 Å². The molecule has 0 heterocycles. The van der Waals surface area contributed by atoms with Crippen LogP contribution in [0.25, 0.3) is 0 Å². The minimum absolute atomic E-state index is 0.0125. The van der Waals surface area contributed by atoms with E-state index in [4.69, 9.17) is 0 Å². The largest absolute Gasteiger partial charge is 0.299 e. The van der Waals surface area contributed by atoms with E-state index in [9.17, 15) is 9.59 Å². The molecule has 0 aromatic heterocycles. The van der Waals surface area contributed by atoms with Gasteiger partial charge in [0.05, 0.1) is 5.92 Å². The van der Waals surface area contributed by atoms with Crippen LogP contribution in [0.4, 0.5) is 0 Å². The predicted molar refractivity (Wildman–Crippen MR) is 84.4 cm³/mol. The molecule has 2 heteroatoms. The fourth-order valence-corrected chi connectivity index (χ4v) is 2.40. The second kappa shape index (κ2) is 6.98. The maximum Gasteiger partial charge on any atom is 0.163 e. The molecule has 2 rings (SSSR count). The average Bonchev–Trinajstić information content (AvgIpc) is 2.53. The molecule has 0 aliphatic rings. The maximum atomic E-state index is 12.5. The zero-order valence-corrected chi connectivity index (χ0v) is 12.5. The summed E-state index contributed by atoms with van der Waals surface area (Å²) in [5.41, 5.74) is 1.58. The molecule has 2 nitrogen and oxygen atoms in total. The van der Waals surface area contributed by atoms with Gasteiger partial charge >= 0.3 is 0 Å². The van der Waals surface area contributed by atoms with Gasteiger partial charge < -0.3 is 0 Å². The van der Waals surface area contributed by atoms with Crippen LogP contribution >= 0.6 is 0 Å². The van der Waals surface area contributed by atoms with Crippen LogP contribution in [0.5, 0.6) is 0 Å². The van der Waals surface area contributed by atoms with E-state index in [1.54, 1.807) is 12.1 Å². The number of carbonyl (C=O) groups excluding carboxylic acids is 2. The smallest absolute Gasteiger partial charge is 0.163 e. The fourth-order valence-electron chi connectivity index (χ4n) is 2.40. The number of ketones is 2. The molecule has 2 aromatic carbocycles. The van der Waals surface area contributed by atoms with Crippen molar-refractivity contribution < 1.29 is 9.59 Å². The standard InChI is InChI=1S/C19H20O2/c1-14(2)19(21)17(15-9-5-3-6-10-15)13-18(20)16-11-7-4-8-12-16/h3-12,14,17H,13H2,1-2H3. The highest BCUT2D eigenvalue weighted by Crippen LogP contribution is 2.25. The van der Waals surface area contributed by atoms with Crippen molar-refractivity contribution in [2.75, 3.05) is 0 Å². The normalized spacial score (nSPS) is 12.1. The molecule has 21 heavy (non-hydrogen) atoms. The summed E-state index contributed by atoms with van der Waals surface area (Å²) in [6.45, 7) is 3.76. The zero-order valence-electron chi connectivity index (χ0n) is 12.5. The predicted octanol–water partition coefficient (Wildman–Crippen LogP) is 4.27. The summed E-state index contributed by atoms with van der Waals surface area (Å²) in [4.78, 5) is 24.9. The molecule has 0 radical (unpaired) electrons. The molecule has 0 spiro atoms. The second-order valence-electron chi connectivity index (χ2n) is 5.51. The third-order valence-electron chi connectivity index (χ3n) is 3.60. The summed E-state index contributed by atoms with van der Waals surface area (Å²) in [5.74, 6) is -0.318. The average molecular weight is 280 g/mol. The molecule has 1 unspecified atom stereocenters. The van der Waals surface area contributed by atoms with Crippen molar-refractivity contribution in [3.63, 3.8) is 0 Å². The summed E-state index contributed by atoms with van der Waals surface area (Å²) in [7, 11) is 0. The molecule has 0 saturated carbocycles. The van der Waals surface area contributed by atoms with Crippen molar-refractivity contribution in [3.8, 4) is 0 Å². The van der Waals surface area contributed by atoms with Crippen molar-refractivity contribution in [2.24, 2.45) is 5.92 Å². The van der Waals surface area contributed by atoms with Gasteiger partial charge in [0.25, 0.3) is 0 Å². The lowest BCUT2D eigenvalue weighted by atomic mass is 9.84. The molecular formula is C19H20O2. The topological polar surface area (TPSA) is 34.1 Å². The van der Waals surface area contributed by atoms with Gasteiger partial charge in [-0.2, -0.15) is 0 Å². The summed E-state index contributed by atoms with van der Waals surface area (Å²) in [6.07, 6.45) is 0.227. The molecule has 0 saturated heterocycles. The van der Waals surface area contributed by atoms with Gasteiger partial charge in [-0.15, -0.1) is 0 Å². The first-order valence-electron chi connectivity index (χ1n) is 7.26. The van der Waals surface area contributed by atoms with Crippen molar-refractivity contribution in [3.05, 3.63) is 71.8 Å². The molecule has 1 atom stereocenters. The van der Waals surface area contributed by atoms with E-state index in [1.807, 2.05) is 62.4 Å². The molecule has 0 amide bonds. The monoisotopic (exact) mass is 280 g/mol. The Bertz CT molecular complexity index is 600. The molecule has 0 bridgehead atoms. The van der Waals surface area contributed by atoms with Crippen LogP contribution in [-0.4, -0.2) is 11.6 Å². The van der Waals surface area contributed by atoms with Gasteiger partial charge in [0, 0.05) is 17.9 Å². The highest BCUT2D eigenvalue weighted by atomic mass is 16.1. The highest BCUT2D eigenvalue weighted by Gasteiger charge is 2.25. The minimum Gasteiger partial charge on any atom is -0.299 e. The number of hydrogen-bond donors (Lipinski definition) is 0. The van der Waals surface area contributed by atoms with Crippen molar-refractivity contribution in [1.82, 2.24) is 0 Å². The lowest BCUT2D eigenvalue weighted by Crippen LogP contribution is -2.21. The molecule has 108 valence electrons. The van der Waals surface area contributed by atoms with Gasteiger partial charge in [-0.05, 0) is 5.56 Å². The summed E-state index contributed by atoms with van der Waals surface area (Å²) in [5, 5.41) is 0. The van der Waals surface area contributed by atoms with Crippen LogP contribution in [0.3, 0.4) is 0 Å². The van der Waals surface area contributed by atoms with Crippen LogP contribution in [0.15, 0.2) is 60.7 Å². The number of Topliss-reactive ketones (excluding diaryl/α,β-unsaturated/α-hetero) is 2. The van der Waals surface area contributed by atoms with E-state index in [-0.39, 0.29) is 29.8 Å². The Balaban J connectivity index is 2.25. The maximum absolute atomic E-state index is 12.5. The lowest BCUT2D eigenvalue weighted by molar-refractivity contribution is -0.123. The Kier molecular flexibility index (Phi) is 5.04. The van der Waals surface area contributed by atoms with Gasteiger partial charge in [0.15, 0.2) is 5.78 Å². The third kappa shape index (κ3) is 3.88. The van der Waals surface area contributed by atoms with E-state index in [0.717, 1.165) is 5.56 Å². The van der Waals surface area contributed by atoms with Gasteiger partial charge in [0.2, 0.25) is 0 Å². The second-order valence-corrected chi connectivity index (χ2v) is 5.51. The number of benzene rings is 2. The lowest BCUT2D eigenvalue weighted by Gasteiger charge is -2.18. The number of carbonyl (C=O) groups is 2. The first kappa shape index (κ1) is 15.2. The Morgan fingerprint density at radius 3 is 1.90 bits per heavy atom. The molecule has 0 aliphatic carbocycles. The van der Waals surface area contributed by atoms with Crippen LogP contribution in [0.2, 0.25) is 0 Å². The van der Waals surface area contributed by atoms with E-state index in [2.05, 4.69) is 0 Å². The van der Waals surface area contributed by atoms with Crippen molar-refractivity contribution >= 4 is 11.6 Å². The first-order valence-corrected chi connectivity index (χ1v) is 7.26. The molecule has 0 aliphatic heterocycles. The summed E-state index contributed by atoms with van der Waals surface area (Å²) in [6, 6.07) is 18.7. The van der Waals surface area contributed by atoms with Crippen molar-refractivity contribution in [2.45, 2.75) is 26.2 Å². The van der Waals surface area contributed by atoms with Crippen molar-refractivity contribution in [1.29, 1.82) is 0 Å². The number of hydrogen-bond acceptors (Lipinski definition) is 2. The Morgan fingerprint density at radius 1 is 0.857 bits per heavy atom. The fraction of sp³-hybridized carbons (Fsp3) is 0.263. The van der Waals surface area contributed by atoms with E-state index < -0.39 is 0 Å². The molecule has 0 fully saturated rings. The number of rotatable bonds is 6. The van der Waals surface area contributed by atoms with E-state index >= 15 is 0 Å². The van der Waals surface area contributed by atoms with Gasteiger partial charge in [-0.25, -0.2) is 0 Å². The molecular weight excluding hydrogens is 260 g/mol. The summed E-state index contributed by atoms with van der Waals surface area (Å²) < 4.78 is 0. The third-order valence-corrected chi connectivity index (χ3v) is 3.60. The first-order chi connectivity index (χ1) is 10.1.